The van der Waals surface area contributed by atoms with Crippen LogP contribution >= 0.6 is 22.6 Å². The molecule has 0 aliphatic rings. The fourth-order valence-electron chi connectivity index (χ4n) is 2.66. The standard InChI is InChI=1S/C19H20IN3O/c1-2-3-8-21-19(24)14-9-16(20)18(23-12-14)10-13-11-22-17-7-5-4-6-15(13)17/h4-7,9,11-12,22H,2-3,8,10H2,1H3,(H,21,24). The van der Waals surface area contributed by atoms with Crippen LogP contribution in [0.15, 0.2) is 42.7 Å². The van der Waals surface area contributed by atoms with Crippen molar-refractivity contribution in [1.29, 1.82) is 0 Å². The molecular weight excluding hydrogens is 413 g/mol. The molecule has 2 aromatic heterocycles. The number of carbonyl (C=O) groups excluding carboxylic acids is 1. The number of carbonyl (C=O) groups is 1. The number of fused-ring (bicyclic) bond motifs is 1. The predicted molar refractivity (Wildman–Crippen MR) is 105 cm³/mol. The zero-order chi connectivity index (χ0) is 16.9. The van der Waals surface area contributed by atoms with E-state index in [4.69, 9.17) is 0 Å². The first-order valence-electron chi connectivity index (χ1n) is 8.16. The summed E-state index contributed by atoms with van der Waals surface area (Å²) in [6.07, 6.45) is 6.52. The number of nitrogens with one attached hydrogen (secondary N) is 2. The zero-order valence-corrected chi connectivity index (χ0v) is 15.8. The summed E-state index contributed by atoms with van der Waals surface area (Å²) in [7, 11) is 0. The highest BCUT2D eigenvalue weighted by Crippen LogP contribution is 2.22. The van der Waals surface area contributed by atoms with Crippen LogP contribution in [0.25, 0.3) is 10.9 Å². The molecule has 0 saturated heterocycles. The van der Waals surface area contributed by atoms with E-state index < -0.39 is 0 Å². The number of nitrogens with zero attached hydrogens (tertiary/aromatic N) is 1. The monoisotopic (exact) mass is 433 g/mol. The molecule has 2 heterocycles. The van der Waals surface area contributed by atoms with Crippen LogP contribution in [0.2, 0.25) is 0 Å². The quantitative estimate of drug-likeness (QED) is 0.450. The number of para-hydroxylation sites is 1. The van der Waals surface area contributed by atoms with E-state index in [0.717, 1.165) is 34.0 Å². The lowest BCUT2D eigenvalue weighted by molar-refractivity contribution is 0.0952. The van der Waals surface area contributed by atoms with E-state index in [0.29, 0.717) is 12.1 Å². The molecule has 0 atom stereocenters. The molecule has 1 aromatic carbocycles. The Labute approximate surface area is 155 Å². The lowest BCUT2D eigenvalue weighted by atomic mass is 10.1. The van der Waals surface area contributed by atoms with Crippen LogP contribution in [0.3, 0.4) is 0 Å². The number of aromatic nitrogens is 2. The number of benzene rings is 1. The zero-order valence-electron chi connectivity index (χ0n) is 13.6. The second-order valence-electron chi connectivity index (χ2n) is 5.80. The molecule has 0 spiro atoms. The van der Waals surface area contributed by atoms with Crippen molar-refractivity contribution < 1.29 is 4.79 Å². The van der Waals surface area contributed by atoms with Gasteiger partial charge in [0.2, 0.25) is 0 Å². The molecule has 3 aromatic rings. The largest absolute Gasteiger partial charge is 0.361 e. The van der Waals surface area contributed by atoms with Crippen molar-refractivity contribution in [1.82, 2.24) is 15.3 Å². The maximum atomic E-state index is 12.1. The third-order valence-electron chi connectivity index (χ3n) is 4.03. The highest BCUT2D eigenvalue weighted by atomic mass is 127. The Morgan fingerprint density at radius 1 is 1.33 bits per heavy atom. The van der Waals surface area contributed by atoms with Crippen molar-refractivity contribution in [3.05, 3.63) is 63.1 Å². The molecule has 2 N–H and O–H groups in total. The number of rotatable bonds is 6. The van der Waals surface area contributed by atoms with Gasteiger partial charge in [-0.05, 0) is 46.7 Å². The molecular formula is C19H20IN3O. The number of hydrogen-bond acceptors (Lipinski definition) is 2. The SMILES string of the molecule is CCCCNC(=O)c1cnc(Cc2c[nH]c3ccccc23)c(I)c1. The first-order valence-corrected chi connectivity index (χ1v) is 9.24. The van der Waals surface area contributed by atoms with Gasteiger partial charge in [0.05, 0.1) is 11.3 Å². The van der Waals surface area contributed by atoms with Crippen molar-refractivity contribution in [3.63, 3.8) is 0 Å². The fraction of sp³-hybridized carbons (Fsp3) is 0.263. The average Bonchev–Trinajstić information content (AvgIpc) is 3.00. The van der Waals surface area contributed by atoms with Crippen LogP contribution in [0.1, 0.15) is 41.4 Å². The minimum Gasteiger partial charge on any atom is -0.361 e. The van der Waals surface area contributed by atoms with Gasteiger partial charge in [0.1, 0.15) is 0 Å². The van der Waals surface area contributed by atoms with E-state index in [1.54, 1.807) is 6.20 Å². The van der Waals surface area contributed by atoms with Crippen molar-refractivity contribution in [2.75, 3.05) is 6.54 Å². The number of amides is 1. The Morgan fingerprint density at radius 3 is 2.96 bits per heavy atom. The van der Waals surface area contributed by atoms with Crippen LogP contribution in [0.4, 0.5) is 0 Å². The second-order valence-corrected chi connectivity index (χ2v) is 6.96. The van der Waals surface area contributed by atoms with Crippen molar-refractivity contribution in [2.24, 2.45) is 0 Å². The van der Waals surface area contributed by atoms with E-state index >= 15 is 0 Å². The summed E-state index contributed by atoms with van der Waals surface area (Å²) in [5.74, 6) is -0.0486. The number of halogens is 1. The van der Waals surface area contributed by atoms with Crippen LogP contribution in [-0.2, 0) is 6.42 Å². The van der Waals surface area contributed by atoms with Gasteiger partial charge in [-0.1, -0.05) is 31.5 Å². The summed E-state index contributed by atoms with van der Waals surface area (Å²) >= 11 is 2.26. The van der Waals surface area contributed by atoms with Gasteiger partial charge in [-0.2, -0.15) is 0 Å². The lowest BCUT2D eigenvalue weighted by Gasteiger charge is -2.07. The third kappa shape index (κ3) is 3.77. The van der Waals surface area contributed by atoms with Crippen molar-refractivity contribution in [2.45, 2.75) is 26.2 Å². The van der Waals surface area contributed by atoms with E-state index in [2.05, 4.69) is 56.9 Å². The Balaban J connectivity index is 1.76. The molecule has 3 rings (SSSR count). The number of hydrogen-bond donors (Lipinski definition) is 2. The van der Waals surface area contributed by atoms with Gasteiger partial charge in [-0.3, -0.25) is 9.78 Å². The highest BCUT2D eigenvalue weighted by molar-refractivity contribution is 14.1. The van der Waals surface area contributed by atoms with Crippen LogP contribution in [0, 0.1) is 3.57 Å². The summed E-state index contributed by atoms with van der Waals surface area (Å²) < 4.78 is 1.01. The molecule has 124 valence electrons. The first kappa shape index (κ1) is 17.0. The average molecular weight is 433 g/mol. The van der Waals surface area contributed by atoms with Gasteiger partial charge in [-0.15, -0.1) is 0 Å². The van der Waals surface area contributed by atoms with Gasteiger partial charge in [0.15, 0.2) is 0 Å². The van der Waals surface area contributed by atoms with Crippen molar-refractivity contribution in [3.8, 4) is 0 Å². The summed E-state index contributed by atoms with van der Waals surface area (Å²) in [5, 5.41) is 4.15. The van der Waals surface area contributed by atoms with Gasteiger partial charge >= 0.3 is 0 Å². The molecule has 24 heavy (non-hydrogen) atoms. The van der Waals surface area contributed by atoms with Gasteiger partial charge in [-0.25, -0.2) is 0 Å². The summed E-state index contributed by atoms with van der Waals surface area (Å²) in [4.78, 5) is 19.9. The molecule has 0 radical (unpaired) electrons. The Morgan fingerprint density at radius 2 is 2.17 bits per heavy atom. The third-order valence-corrected chi connectivity index (χ3v) is 4.96. The molecule has 0 bridgehead atoms. The van der Waals surface area contributed by atoms with Gasteiger partial charge in [0.25, 0.3) is 5.91 Å². The van der Waals surface area contributed by atoms with Gasteiger partial charge in [0, 0.05) is 39.8 Å². The highest BCUT2D eigenvalue weighted by Gasteiger charge is 2.11. The fourth-order valence-corrected chi connectivity index (χ4v) is 3.32. The van der Waals surface area contributed by atoms with E-state index in [1.807, 2.05) is 24.4 Å². The topological polar surface area (TPSA) is 57.8 Å². The van der Waals surface area contributed by atoms with Crippen LogP contribution in [-0.4, -0.2) is 22.4 Å². The molecule has 5 heteroatoms. The molecule has 0 unspecified atom stereocenters. The van der Waals surface area contributed by atoms with Crippen LogP contribution in [0.5, 0.6) is 0 Å². The summed E-state index contributed by atoms with van der Waals surface area (Å²) in [6.45, 7) is 2.82. The Hall–Kier alpha value is -1.89. The molecule has 0 aliphatic carbocycles. The molecule has 0 aliphatic heterocycles. The number of unbranched alkanes of at least 4 members (excludes halogenated alkanes) is 1. The minimum atomic E-state index is -0.0486. The maximum absolute atomic E-state index is 12.1. The maximum Gasteiger partial charge on any atom is 0.252 e. The Bertz CT molecular complexity index is 857. The smallest absolute Gasteiger partial charge is 0.252 e. The van der Waals surface area contributed by atoms with E-state index in [9.17, 15) is 4.79 Å². The summed E-state index contributed by atoms with van der Waals surface area (Å²) in [6, 6.07) is 10.2. The van der Waals surface area contributed by atoms with E-state index in [-0.39, 0.29) is 5.91 Å². The molecule has 0 saturated carbocycles. The van der Waals surface area contributed by atoms with Crippen LogP contribution < -0.4 is 5.32 Å². The minimum absolute atomic E-state index is 0.0486. The lowest BCUT2D eigenvalue weighted by Crippen LogP contribution is -2.24. The molecule has 4 nitrogen and oxygen atoms in total. The first-order chi connectivity index (χ1) is 11.7. The number of aromatic amines is 1. The number of pyridine rings is 1. The second kappa shape index (κ2) is 7.79. The Kier molecular flexibility index (Phi) is 5.50. The van der Waals surface area contributed by atoms with E-state index in [1.165, 1.54) is 10.9 Å². The van der Waals surface area contributed by atoms with Crippen molar-refractivity contribution >= 4 is 39.4 Å². The number of H-pyrrole nitrogens is 1. The normalized spacial score (nSPS) is 10.9. The predicted octanol–water partition coefficient (Wildman–Crippen LogP) is 4.29. The molecule has 0 fully saturated rings. The summed E-state index contributed by atoms with van der Waals surface area (Å²) in [5.41, 5.74) is 3.97. The van der Waals surface area contributed by atoms with Gasteiger partial charge < -0.3 is 10.3 Å². The molecule has 1 amide bonds.